The highest BCUT2D eigenvalue weighted by Gasteiger charge is 2.25. The van der Waals surface area contributed by atoms with Crippen molar-refractivity contribution in [1.82, 2.24) is 24.8 Å². The third-order valence-corrected chi connectivity index (χ3v) is 7.25. The number of carbonyl (C=O) groups excluding carboxylic acids is 2. The summed E-state index contributed by atoms with van der Waals surface area (Å²) in [6.07, 6.45) is 1.99. The fraction of sp³-hybridized carbons (Fsp3) is 0.276. The maximum Gasteiger partial charge on any atom is 0.321 e. The van der Waals surface area contributed by atoms with E-state index in [2.05, 4.69) is 15.6 Å². The van der Waals surface area contributed by atoms with Crippen LogP contribution in [0.15, 0.2) is 59.4 Å². The van der Waals surface area contributed by atoms with E-state index in [0.717, 1.165) is 25.0 Å². The number of aryl methyl sites for hydroxylation is 1. The zero-order valence-corrected chi connectivity index (χ0v) is 22.2. The number of hydrogen-bond donors (Lipinski definition) is 2. The van der Waals surface area contributed by atoms with E-state index in [1.807, 2.05) is 11.8 Å². The minimum absolute atomic E-state index is 0.137. The summed E-state index contributed by atoms with van der Waals surface area (Å²) in [6, 6.07) is 13.0. The molecule has 6 rings (SSSR count). The number of amides is 3. The van der Waals surface area contributed by atoms with Gasteiger partial charge in [0.25, 0.3) is 11.5 Å². The molecular formula is C29H27F2N7O3. The average Bonchev–Trinajstić information content (AvgIpc) is 3.79. The second-order valence-electron chi connectivity index (χ2n) is 10.2. The Bertz CT molecular complexity index is 1710. The van der Waals surface area contributed by atoms with Crippen molar-refractivity contribution in [2.75, 3.05) is 36.4 Å². The number of aromatic nitrogens is 3. The van der Waals surface area contributed by atoms with E-state index in [1.54, 1.807) is 35.2 Å². The van der Waals surface area contributed by atoms with Gasteiger partial charge in [0.15, 0.2) is 17.3 Å². The van der Waals surface area contributed by atoms with Crippen LogP contribution in [0.5, 0.6) is 0 Å². The summed E-state index contributed by atoms with van der Waals surface area (Å²) in [7, 11) is 0. The third kappa shape index (κ3) is 5.45. The van der Waals surface area contributed by atoms with Crippen molar-refractivity contribution in [3.05, 3.63) is 87.8 Å². The van der Waals surface area contributed by atoms with Crippen molar-refractivity contribution in [2.45, 2.75) is 25.8 Å². The molecule has 210 valence electrons. The van der Waals surface area contributed by atoms with Gasteiger partial charge in [-0.1, -0.05) is 0 Å². The average molecular weight is 560 g/mol. The Kier molecular flexibility index (Phi) is 6.82. The Balaban J connectivity index is 1.21. The number of anilines is 2. The molecule has 1 saturated carbocycles. The summed E-state index contributed by atoms with van der Waals surface area (Å²) >= 11 is 0. The molecule has 2 aromatic carbocycles. The van der Waals surface area contributed by atoms with Gasteiger partial charge in [0.1, 0.15) is 0 Å². The first-order chi connectivity index (χ1) is 19.8. The summed E-state index contributed by atoms with van der Waals surface area (Å²) in [6.45, 7) is 3.40. The standard InChI is InChI=1S/C29H27F2N7O3/c1-17-22-9-11-25(39)38(21-7-2-18(3-8-21)27(40)33-19-4-5-19)26(22)35-28(32-17)36-12-14-37(15-13-36)29(41)34-20-6-10-23(30)24(31)16-20/h2-3,6-11,16,19H,4-5,12-15H2,1H3,(H,33,40)(H,34,41). The lowest BCUT2D eigenvalue weighted by Gasteiger charge is -2.34. The maximum atomic E-state index is 13.5. The molecule has 10 nitrogen and oxygen atoms in total. The van der Waals surface area contributed by atoms with Gasteiger partial charge in [0, 0.05) is 61.0 Å². The fourth-order valence-corrected chi connectivity index (χ4v) is 4.79. The van der Waals surface area contributed by atoms with Gasteiger partial charge in [-0.25, -0.2) is 18.6 Å². The van der Waals surface area contributed by atoms with Crippen molar-refractivity contribution in [3.8, 4) is 5.69 Å². The third-order valence-electron chi connectivity index (χ3n) is 7.25. The van der Waals surface area contributed by atoms with E-state index < -0.39 is 17.7 Å². The number of piperazine rings is 1. The first-order valence-corrected chi connectivity index (χ1v) is 13.3. The number of hydrogen-bond acceptors (Lipinski definition) is 6. The molecule has 1 aliphatic heterocycles. The van der Waals surface area contributed by atoms with Crippen molar-refractivity contribution < 1.29 is 18.4 Å². The number of halogens is 2. The molecule has 4 aromatic rings. The predicted octanol–water partition coefficient (Wildman–Crippen LogP) is 3.61. The molecular weight excluding hydrogens is 532 g/mol. The molecule has 41 heavy (non-hydrogen) atoms. The molecule has 0 atom stereocenters. The molecule has 2 aromatic heterocycles. The highest BCUT2D eigenvalue weighted by Crippen LogP contribution is 2.23. The van der Waals surface area contributed by atoms with Crippen molar-refractivity contribution in [2.24, 2.45) is 0 Å². The lowest BCUT2D eigenvalue weighted by Crippen LogP contribution is -2.50. The fourth-order valence-electron chi connectivity index (χ4n) is 4.79. The molecule has 1 saturated heterocycles. The summed E-state index contributed by atoms with van der Waals surface area (Å²) in [5.74, 6) is -1.73. The van der Waals surface area contributed by atoms with Crippen molar-refractivity contribution in [3.63, 3.8) is 0 Å². The summed E-state index contributed by atoms with van der Waals surface area (Å²) in [5.41, 5.74) is 2.12. The molecule has 2 N–H and O–H groups in total. The van der Waals surface area contributed by atoms with Crippen molar-refractivity contribution in [1.29, 1.82) is 0 Å². The molecule has 2 fully saturated rings. The van der Waals surface area contributed by atoms with Gasteiger partial charge in [-0.3, -0.25) is 14.2 Å². The summed E-state index contributed by atoms with van der Waals surface area (Å²) in [5, 5.41) is 6.26. The highest BCUT2D eigenvalue weighted by molar-refractivity contribution is 5.95. The second-order valence-corrected chi connectivity index (χ2v) is 10.2. The van der Waals surface area contributed by atoms with E-state index in [0.29, 0.717) is 60.1 Å². The lowest BCUT2D eigenvalue weighted by molar-refractivity contribution is 0.0951. The van der Waals surface area contributed by atoms with Gasteiger partial charge in [-0.15, -0.1) is 0 Å². The first-order valence-electron chi connectivity index (χ1n) is 13.3. The first kappa shape index (κ1) is 26.4. The Morgan fingerprint density at radius 3 is 2.32 bits per heavy atom. The number of fused-ring (bicyclic) bond motifs is 1. The molecule has 3 heterocycles. The summed E-state index contributed by atoms with van der Waals surface area (Å²) in [4.78, 5) is 51.0. The molecule has 12 heteroatoms. The number of rotatable bonds is 5. The molecule has 0 bridgehead atoms. The lowest BCUT2D eigenvalue weighted by atomic mass is 10.1. The Morgan fingerprint density at radius 1 is 0.902 bits per heavy atom. The second kappa shape index (κ2) is 10.6. The number of benzene rings is 2. The molecule has 0 radical (unpaired) electrons. The summed E-state index contributed by atoms with van der Waals surface area (Å²) < 4.78 is 28.2. The number of nitrogens with one attached hydrogen (secondary N) is 2. The zero-order chi connectivity index (χ0) is 28.7. The SMILES string of the molecule is Cc1nc(N2CCN(C(=O)Nc3ccc(F)c(F)c3)CC2)nc2c1ccc(=O)n2-c1ccc(C(=O)NC2CC2)cc1. The Morgan fingerprint density at radius 2 is 1.63 bits per heavy atom. The zero-order valence-electron chi connectivity index (χ0n) is 22.2. The van der Waals surface area contributed by atoms with Gasteiger partial charge in [-0.2, -0.15) is 4.98 Å². The molecule has 2 aliphatic rings. The van der Waals surface area contributed by atoms with Crippen LogP contribution in [0.2, 0.25) is 0 Å². The quantitative estimate of drug-likeness (QED) is 0.387. The largest absolute Gasteiger partial charge is 0.349 e. The van der Waals surface area contributed by atoms with E-state index in [-0.39, 0.29) is 23.2 Å². The van der Waals surface area contributed by atoms with E-state index in [1.165, 1.54) is 16.7 Å². The number of nitrogens with zero attached hydrogens (tertiary/aromatic N) is 5. The van der Waals surface area contributed by atoms with Gasteiger partial charge in [-0.05, 0) is 62.2 Å². The van der Waals surface area contributed by atoms with Crippen LogP contribution < -0.4 is 21.1 Å². The predicted molar refractivity (Wildman–Crippen MR) is 150 cm³/mol. The van der Waals surface area contributed by atoms with Crippen LogP contribution in [0.25, 0.3) is 16.7 Å². The molecule has 0 unspecified atom stereocenters. The maximum absolute atomic E-state index is 13.5. The minimum Gasteiger partial charge on any atom is -0.349 e. The van der Waals surface area contributed by atoms with E-state index in [9.17, 15) is 23.2 Å². The number of pyridine rings is 1. The van der Waals surface area contributed by atoms with Crippen LogP contribution in [0.3, 0.4) is 0 Å². The van der Waals surface area contributed by atoms with Crippen LogP contribution >= 0.6 is 0 Å². The van der Waals surface area contributed by atoms with Crippen LogP contribution in [0.4, 0.5) is 25.2 Å². The minimum atomic E-state index is -1.04. The Hall–Kier alpha value is -4.87. The van der Waals surface area contributed by atoms with Crippen LogP contribution in [-0.2, 0) is 0 Å². The van der Waals surface area contributed by atoms with Crippen LogP contribution in [-0.4, -0.2) is 63.6 Å². The van der Waals surface area contributed by atoms with Gasteiger partial charge >= 0.3 is 6.03 Å². The van der Waals surface area contributed by atoms with E-state index in [4.69, 9.17) is 4.98 Å². The molecule has 3 amide bonds. The normalized spacial score (nSPS) is 15.2. The number of carbonyl (C=O) groups is 2. The monoisotopic (exact) mass is 559 g/mol. The smallest absolute Gasteiger partial charge is 0.321 e. The molecule has 0 spiro atoms. The Labute approximate surface area is 233 Å². The van der Waals surface area contributed by atoms with E-state index >= 15 is 0 Å². The van der Waals surface area contributed by atoms with Gasteiger partial charge < -0.3 is 20.4 Å². The van der Waals surface area contributed by atoms with Crippen molar-refractivity contribution >= 4 is 34.6 Å². The highest BCUT2D eigenvalue weighted by atomic mass is 19.2. The van der Waals surface area contributed by atoms with Crippen LogP contribution in [0.1, 0.15) is 28.9 Å². The molecule has 1 aliphatic carbocycles. The topological polar surface area (TPSA) is 112 Å². The number of urea groups is 1. The van der Waals surface area contributed by atoms with Gasteiger partial charge in [0.2, 0.25) is 5.95 Å². The van der Waals surface area contributed by atoms with Gasteiger partial charge in [0.05, 0.1) is 11.4 Å². The van der Waals surface area contributed by atoms with Crippen LogP contribution in [0, 0.1) is 18.6 Å².